The third-order valence-corrected chi connectivity index (χ3v) is 2.79. The molecular formula is C9H20N2. The number of rotatable bonds is 4. The summed E-state index contributed by atoms with van der Waals surface area (Å²) < 4.78 is 0. The van der Waals surface area contributed by atoms with Gasteiger partial charge in [-0.2, -0.15) is 0 Å². The Kier molecular flexibility index (Phi) is 3.34. The number of hydrogen-bond donors (Lipinski definition) is 1. The molecule has 0 saturated carbocycles. The molecule has 1 unspecified atom stereocenters. The van der Waals surface area contributed by atoms with E-state index in [0.29, 0.717) is 12.0 Å². The number of likely N-dealkylation sites (tertiary alicyclic amines) is 1. The molecule has 1 heterocycles. The molecule has 2 N–H and O–H groups in total. The molecule has 2 heteroatoms. The first kappa shape index (κ1) is 9.01. The van der Waals surface area contributed by atoms with E-state index in [2.05, 4.69) is 18.7 Å². The van der Waals surface area contributed by atoms with Crippen LogP contribution in [0.5, 0.6) is 0 Å². The van der Waals surface area contributed by atoms with Crippen molar-refractivity contribution in [2.75, 3.05) is 19.6 Å². The van der Waals surface area contributed by atoms with Crippen LogP contribution in [0.1, 0.15) is 26.7 Å². The van der Waals surface area contributed by atoms with E-state index in [1.165, 1.54) is 25.9 Å². The molecule has 0 amide bonds. The van der Waals surface area contributed by atoms with E-state index in [4.69, 9.17) is 5.73 Å². The standard InChI is InChI=1S/C9H20N2/c1-3-8(2)9(10)7-11-5-4-6-11/h8-9H,3-7,10H2,1-2H3/t8?,9-/m1/s1. The monoisotopic (exact) mass is 156 g/mol. The van der Waals surface area contributed by atoms with Crippen molar-refractivity contribution in [3.63, 3.8) is 0 Å². The first-order chi connectivity index (χ1) is 5.24. The van der Waals surface area contributed by atoms with Gasteiger partial charge in [-0.1, -0.05) is 20.3 Å². The van der Waals surface area contributed by atoms with Gasteiger partial charge >= 0.3 is 0 Å². The van der Waals surface area contributed by atoms with E-state index in [1.54, 1.807) is 0 Å². The Morgan fingerprint density at radius 1 is 1.45 bits per heavy atom. The lowest BCUT2D eigenvalue weighted by molar-refractivity contribution is 0.156. The van der Waals surface area contributed by atoms with Gasteiger partial charge < -0.3 is 10.6 Å². The van der Waals surface area contributed by atoms with Crippen LogP contribution >= 0.6 is 0 Å². The van der Waals surface area contributed by atoms with Crippen molar-refractivity contribution in [1.82, 2.24) is 4.90 Å². The van der Waals surface area contributed by atoms with Gasteiger partial charge in [0, 0.05) is 12.6 Å². The molecule has 1 aliphatic heterocycles. The molecule has 1 saturated heterocycles. The lowest BCUT2D eigenvalue weighted by Gasteiger charge is -2.34. The molecule has 2 nitrogen and oxygen atoms in total. The molecule has 0 aromatic heterocycles. The van der Waals surface area contributed by atoms with Gasteiger partial charge in [0.2, 0.25) is 0 Å². The third kappa shape index (κ3) is 2.46. The van der Waals surface area contributed by atoms with Crippen molar-refractivity contribution in [2.45, 2.75) is 32.7 Å². The minimum absolute atomic E-state index is 0.389. The van der Waals surface area contributed by atoms with Crippen LogP contribution in [0.2, 0.25) is 0 Å². The van der Waals surface area contributed by atoms with E-state index in [1.807, 2.05) is 0 Å². The lowest BCUT2D eigenvalue weighted by Crippen LogP contribution is -2.47. The largest absolute Gasteiger partial charge is 0.326 e. The van der Waals surface area contributed by atoms with E-state index in [9.17, 15) is 0 Å². The highest BCUT2D eigenvalue weighted by molar-refractivity contribution is 4.77. The highest BCUT2D eigenvalue weighted by atomic mass is 15.2. The van der Waals surface area contributed by atoms with Crippen molar-refractivity contribution in [3.05, 3.63) is 0 Å². The zero-order chi connectivity index (χ0) is 8.27. The van der Waals surface area contributed by atoms with Crippen LogP contribution in [-0.4, -0.2) is 30.6 Å². The fourth-order valence-corrected chi connectivity index (χ4v) is 1.35. The fraction of sp³-hybridized carbons (Fsp3) is 1.00. The van der Waals surface area contributed by atoms with E-state index < -0.39 is 0 Å². The number of nitrogens with two attached hydrogens (primary N) is 1. The summed E-state index contributed by atoms with van der Waals surface area (Å²) in [4.78, 5) is 2.44. The topological polar surface area (TPSA) is 29.3 Å². The van der Waals surface area contributed by atoms with Gasteiger partial charge in [-0.25, -0.2) is 0 Å². The average molecular weight is 156 g/mol. The molecule has 2 atom stereocenters. The van der Waals surface area contributed by atoms with Crippen LogP contribution in [0.3, 0.4) is 0 Å². The van der Waals surface area contributed by atoms with Crippen molar-refractivity contribution in [2.24, 2.45) is 11.7 Å². The van der Waals surface area contributed by atoms with E-state index in [0.717, 1.165) is 6.54 Å². The zero-order valence-corrected chi connectivity index (χ0v) is 7.71. The lowest BCUT2D eigenvalue weighted by atomic mass is 9.98. The van der Waals surface area contributed by atoms with Crippen LogP contribution in [0, 0.1) is 5.92 Å². The quantitative estimate of drug-likeness (QED) is 0.659. The minimum atomic E-state index is 0.389. The summed E-state index contributed by atoms with van der Waals surface area (Å²) in [5.74, 6) is 0.676. The van der Waals surface area contributed by atoms with Gasteiger partial charge in [-0.3, -0.25) is 0 Å². The Bertz CT molecular complexity index is 110. The Balaban J connectivity index is 2.13. The fourth-order valence-electron chi connectivity index (χ4n) is 1.35. The predicted molar refractivity (Wildman–Crippen MR) is 48.5 cm³/mol. The highest BCUT2D eigenvalue weighted by Gasteiger charge is 2.19. The van der Waals surface area contributed by atoms with Crippen LogP contribution < -0.4 is 5.73 Å². The number of nitrogens with zero attached hydrogens (tertiary/aromatic N) is 1. The molecule has 1 fully saturated rings. The molecule has 0 bridgehead atoms. The molecule has 0 aliphatic carbocycles. The summed E-state index contributed by atoms with van der Waals surface area (Å²) in [7, 11) is 0. The first-order valence-electron chi connectivity index (χ1n) is 4.72. The summed E-state index contributed by atoms with van der Waals surface area (Å²) in [5, 5.41) is 0. The van der Waals surface area contributed by atoms with Crippen molar-refractivity contribution in [1.29, 1.82) is 0 Å². The van der Waals surface area contributed by atoms with Crippen molar-refractivity contribution < 1.29 is 0 Å². The maximum absolute atomic E-state index is 6.00. The summed E-state index contributed by atoms with van der Waals surface area (Å²) >= 11 is 0. The Hall–Kier alpha value is -0.0800. The SMILES string of the molecule is CCC(C)[C@H](N)CN1CCC1. The van der Waals surface area contributed by atoms with Gasteiger partial charge in [-0.05, 0) is 25.4 Å². The van der Waals surface area contributed by atoms with Gasteiger partial charge in [0.05, 0.1) is 0 Å². The summed E-state index contributed by atoms with van der Waals surface area (Å²) in [6.07, 6.45) is 2.57. The number of hydrogen-bond acceptors (Lipinski definition) is 2. The molecule has 0 aromatic carbocycles. The van der Waals surface area contributed by atoms with Gasteiger partial charge in [0.25, 0.3) is 0 Å². The second-order valence-corrected chi connectivity index (χ2v) is 3.70. The minimum Gasteiger partial charge on any atom is -0.326 e. The van der Waals surface area contributed by atoms with E-state index >= 15 is 0 Å². The van der Waals surface area contributed by atoms with Crippen molar-refractivity contribution >= 4 is 0 Å². The molecule has 1 rings (SSSR count). The van der Waals surface area contributed by atoms with Crippen LogP contribution in [0.4, 0.5) is 0 Å². The van der Waals surface area contributed by atoms with Crippen LogP contribution in [-0.2, 0) is 0 Å². The second-order valence-electron chi connectivity index (χ2n) is 3.70. The third-order valence-electron chi connectivity index (χ3n) is 2.79. The van der Waals surface area contributed by atoms with Gasteiger partial charge in [-0.15, -0.1) is 0 Å². The highest BCUT2D eigenvalue weighted by Crippen LogP contribution is 2.11. The Labute approximate surface area is 69.8 Å². The Morgan fingerprint density at radius 3 is 2.45 bits per heavy atom. The Morgan fingerprint density at radius 2 is 2.09 bits per heavy atom. The molecule has 0 aromatic rings. The first-order valence-corrected chi connectivity index (χ1v) is 4.72. The molecule has 0 radical (unpaired) electrons. The van der Waals surface area contributed by atoms with E-state index in [-0.39, 0.29) is 0 Å². The summed E-state index contributed by atoms with van der Waals surface area (Å²) in [5.41, 5.74) is 6.00. The van der Waals surface area contributed by atoms with Crippen LogP contribution in [0.15, 0.2) is 0 Å². The molecule has 66 valence electrons. The van der Waals surface area contributed by atoms with Gasteiger partial charge in [0.1, 0.15) is 0 Å². The molecular weight excluding hydrogens is 136 g/mol. The zero-order valence-electron chi connectivity index (χ0n) is 7.71. The molecule has 0 spiro atoms. The maximum atomic E-state index is 6.00. The maximum Gasteiger partial charge on any atom is 0.0193 e. The molecule has 1 aliphatic rings. The summed E-state index contributed by atoms with van der Waals surface area (Å²) in [6.45, 7) is 8.09. The van der Waals surface area contributed by atoms with Crippen molar-refractivity contribution in [3.8, 4) is 0 Å². The second kappa shape index (κ2) is 4.07. The average Bonchev–Trinajstić information content (AvgIpc) is 1.94. The van der Waals surface area contributed by atoms with Gasteiger partial charge in [0.15, 0.2) is 0 Å². The summed E-state index contributed by atoms with van der Waals surface area (Å²) in [6, 6.07) is 0.389. The smallest absolute Gasteiger partial charge is 0.0193 e. The predicted octanol–water partition coefficient (Wildman–Crippen LogP) is 1.07. The van der Waals surface area contributed by atoms with Crippen LogP contribution in [0.25, 0.3) is 0 Å². The molecule has 11 heavy (non-hydrogen) atoms. The normalized spacial score (nSPS) is 24.3.